The van der Waals surface area contributed by atoms with Crippen LogP contribution in [-0.4, -0.2) is 34.6 Å². The Morgan fingerprint density at radius 1 is 1.56 bits per heavy atom. The summed E-state index contributed by atoms with van der Waals surface area (Å²) in [5.41, 5.74) is 1.06. The summed E-state index contributed by atoms with van der Waals surface area (Å²) in [5.74, 6) is -0.949. The summed E-state index contributed by atoms with van der Waals surface area (Å²) in [5, 5.41) is 10.7. The molecule has 1 N–H and O–H groups in total. The van der Waals surface area contributed by atoms with Crippen molar-refractivity contribution in [1.82, 2.24) is 9.88 Å². The van der Waals surface area contributed by atoms with Crippen molar-refractivity contribution in [3.63, 3.8) is 0 Å². The van der Waals surface area contributed by atoms with Gasteiger partial charge in [0.05, 0.1) is 5.69 Å². The second kappa shape index (κ2) is 4.93. The predicted octanol–water partition coefficient (Wildman–Crippen LogP) is 2.32. The number of carboxylic acids is 1. The Morgan fingerprint density at radius 3 is 2.62 bits per heavy atom. The molecule has 16 heavy (non-hydrogen) atoms. The summed E-state index contributed by atoms with van der Waals surface area (Å²) in [6.07, 6.45) is 0. The minimum absolute atomic E-state index is 0.166. The zero-order chi connectivity index (χ0) is 12.3. The van der Waals surface area contributed by atoms with Gasteiger partial charge in [0.1, 0.15) is 0 Å². The maximum Gasteiger partial charge on any atom is 0.365 e. The van der Waals surface area contributed by atoms with E-state index in [2.05, 4.69) is 30.7 Å². The van der Waals surface area contributed by atoms with Gasteiger partial charge in [0.15, 0.2) is 0 Å². The molecule has 0 aromatic carbocycles. The third-order valence-electron chi connectivity index (χ3n) is 1.91. The van der Waals surface area contributed by atoms with Crippen molar-refractivity contribution in [2.24, 2.45) is 5.41 Å². The van der Waals surface area contributed by atoms with E-state index < -0.39 is 5.97 Å². The van der Waals surface area contributed by atoms with Crippen LogP contribution in [0.4, 0.5) is 0 Å². The molecule has 0 spiro atoms. The van der Waals surface area contributed by atoms with E-state index in [4.69, 9.17) is 5.11 Å². The van der Waals surface area contributed by atoms with Crippen molar-refractivity contribution >= 4 is 17.3 Å². The van der Waals surface area contributed by atoms with Gasteiger partial charge in [0, 0.05) is 18.5 Å². The molecule has 0 atom stereocenters. The van der Waals surface area contributed by atoms with Crippen LogP contribution in [0.15, 0.2) is 5.38 Å². The molecule has 0 fully saturated rings. The Hall–Kier alpha value is -0.940. The number of nitrogens with zero attached hydrogens (tertiary/aromatic N) is 2. The normalized spacial score (nSPS) is 12.1. The van der Waals surface area contributed by atoms with E-state index in [0.717, 1.165) is 12.2 Å². The molecule has 0 unspecified atom stereocenters. The smallest absolute Gasteiger partial charge is 0.365 e. The lowest BCUT2D eigenvalue weighted by atomic mass is 9.96. The molecular weight excluding hydrogens is 224 g/mol. The molecule has 0 aliphatic carbocycles. The Bertz CT molecular complexity index is 368. The molecule has 1 aromatic heterocycles. The SMILES string of the molecule is CN(Cc1csc(C(=O)O)n1)CC(C)(C)C. The van der Waals surface area contributed by atoms with Gasteiger partial charge in [-0.1, -0.05) is 20.8 Å². The molecule has 0 radical (unpaired) electrons. The highest BCUT2D eigenvalue weighted by molar-refractivity contribution is 7.11. The first-order chi connectivity index (χ1) is 7.28. The summed E-state index contributed by atoms with van der Waals surface area (Å²) in [4.78, 5) is 16.9. The van der Waals surface area contributed by atoms with Crippen LogP contribution in [0.25, 0.3) is 0 Å². The highest BCUT2D eigenvalue weighted by Crippen LogP contribution is 2.17. The lowest BCUT2D eigenvalue weighted by molar-refractivity contribution is 0.0696. The van der Waals surface area contributed by atoms with E-state index in [0.29, 0.717) is 6.54 Å². The van der Waals surface area contributed by atoms with Gasteiger partial charge in [-0.3, -0.25) is 4.90 Å². The van der Waals surface area contributed by atoms with Crippen molar-refractivity contribution in [1.29, 1.82) is 0 Å². The number of rotatable bonds is 4. The van der Waals surface area contributed by atoms with E-state index in [1.165, 1.54) is 11.3 Å². The molecule has 5 heteroatoms. The van der Waals surface area contributed by atoms with Gasteiger partial charge in [0.2, 0.25) is 5.01 Å². The monoisotopic (exact) mass is 242 g/mol. The highest BCUT2D eigenvalue weighted by atomic mass is 32.1. The third-order valence-corrected chi connectivity index (χ3v) is 2.79. The fourth-order valence-corrected chi connectivity index (χ4v) is 2.27. The van der Waals surface area contributed by atoms with Crippen molar-refractivity contribution in [3.8, 4) is 0 Å². The number of thiazole rings is 1. The summed E-state index contributed by atoms with van der Waals surface area (Å²) in [7, 11) is 2.02. The lowest BCUT2D eigenvalue weighted by Gasteiger charge is -2.25. The second-order valence-corrected chi connectivity index (χ2v) is 6.04. The maximum atomic E-state index is 10.7. The molecule has 0 saturated carbocycles. The molecule has 0 aliphatic rings. The lowest BCUT2D eigenvalue weighted by Crippen LogP contribution is -2.29. The van der Waals surface area contributed by atoms with Crippen molar-refractivity contribution < 1.29 is 9.90 Å². The number of aromatic carboxylic acids is 1. The van der Waals surface area contributed by atoms with Gasteiger partial charge in [-0.25, -0.2) is 9.78 Å². The third kappa shape index (κ3) is 4.28. The Balaban J connectivity index is 2.56. The summed E-state index contributed by atoms with van der Waals surface area (Å²) in [6.45, 7) is 8.17. The molecule has 0 saturated heterocycles. The van der Waals surface area contributed by atoms with E-state index in [1.54, 1.807) is 0 Å². The van der Waals surface area contributed by atoms with Gasteiger partial charge < -0.3 is 5.11 Å². The molecule has 1 heterocycles. The topological polar surface area (TPSA) is 53.4 Å². The molecular formula is C11H18N2O2S. The maximum absolute atomic E-state index is 10.7. The second-order valence-electron chi connectivity index (χ2n) is 5.18. The van der Waals surface area contributed by atoms with Crippen molar-refractivity contribution in [2.45, 2.75) is 27.3 Å². The van der Waals surface area contributed by atoms with Crippen molar-refractivity contribution in [3.05, 3.63) is 16.1 Å². The number of hydrogen-bond donors (Lipinski definition) is 1. The predicted molar refractivity (Wildman–Crippen MR) is 64.9 cm³/mol. The fraction of sp³-hybridized carbons (Fsp3) is 0.636. The van der Waals surface area contributed by atoms with Gasteiger partial charge in [0.25, 0.3) is 0 Å². The summed E-state index contributed by atoms with van der Waals surface area (Å²) in [6, 6.07) is 0. The van der Waals surface area contributed by atoms with Gasteiger partial charge >= 0.3 is 5.97 Å². The molecule has 90 valence electrons. The number of carbonyl (C=O) groups is 1. The van der Waals surface area contributed by atoms with Gasteiger partial charge in [-0.15, -0.1) is 11.3 Å². The van der Waals surface area contributed by atoms with Crippen LogP contribution >= 0.6 is 11.3 Å². The van der Waals surface area contributed by atoms with Crippen LogP contribution in [0.5, 0.6) is 0 Å². The average Bonchev–Trinajstić information content (AvgIpc) is 2.48. The van der Waals surface area contributed by atoms with Crippen LogP contribution in [-0.2, 0) is 6.54 Å². The van der Waals surface area contributed by atoms with Gasteiger partial charge in [-0.2, -0.15) is 0 Å². The van der Waals surface area contributed by atoms with Crippen LogP contribution in [0.3, 0.4) is 0 Å². The van der Waals surface area contributed by atoms with Crippen LogP contribution in [0.1, 0.15) is 36.3 Å². The largest absolute Gasteiger partial charge is 0.476 e. The fourth-order valence-electron chi connectivity index (χ4n) is 1.62. The minimum atomic E-state index is -0.949. The Morgan fingerprint density at radius 2 is 2.19 bits per heavy atom. The molecule has 0 amide bonds. The standard InChI is InChI=1S/C11H18N2O2S/c1-11(2,3)7-13(4)5-8-6-16-9(12-8)10(14)15/h6H,5,7H2,1-4H3,(H,14,15). The first-order valence-corrected chi connectivity index (χ1v) is 6.02. The zero-order valence-corrected chi connectivity index (χ0v) is 11.0. The highest BCUT2D eigenvalue weighted by Gasteiger charge is 2.15. The van der Waals surface area contributed by atoms with E-state index in [9.17, 15) is 4.79 Å². The Labute approximate surface area is 99.9 Å². The first-order valence-electron chi connectivity index (χ1n) is 5.14. The minimum Gasteiger partial charge on any atom is -0.476 e. The molecule has 0 aliphatic heterocycles. The van der Waals surface area contributed by atoms with Crippen molar-refractivity contribution in [2.75, 3.05) is 13.6 Å². The van der Waals surface area contributed by atoms with Gasteiger partial charge in [-0.05, 0) is 12.5 Å². The average molecular weight is 242 g/mol. The van der Waals surface area contributed by atoms with Crippen LogP contribution in [0.2, 0.25) is 0 Å². The Kier molecular flexibility index (Phi) is 4.04. The summed E-state index contributed by atoms with van der Waals surface area (Å²) >= 11 is 1.18. The number of aromatic nitrogens is 1. The van der Waals surface area contributed by atoms with E-state index >= 15 is 0 Å². The van der Waals surface area contributed by atoms with E-state index in [1.807, 2.05) is 12.4 Å². The van der Waals surface area contributed by atoms with E-state index in [-0.39, 0.29) is 10.4 Å². The number of hydrogen-bond acceptors (Lipinski definition) is 4. The quantitative estimate of drug-likeness (QED) is 0.880. The number of carboxylic acid groups (broad SMARTS) is 1. The first kappa shape index (κ1) is 13.1. The van der Waals surface area contributed by atoms with Crippen LogP contribution in [0, 0.1) is 5.41 Å². The van der Waals surface area contributed by atoms with Crippen LogP contribution < -0.4 is 0 Å². The molecule has 1 rings (SSSR count). The molecule has 0 bridgehead atoms. The zero-order valence-electron chi connectivity index (χ0n) is 10.1. The molecule has 1 aromatic rings. The summed E-state index contributed by atoms with van der Waals surface area (Å²) < 4.78 is 0. The molecule has 4 nitrogen and oxygen atoms in total.